The molecule has 1 saturated heterocycles. The fraction of sp³-hybridized carbons (Fsp3) is 0.429. The van der Waals surface area contributed by atoms with E-state index in [4.69, 9.17) is 18.0 Å². The van der Waals surface area contributed by atoms with Crippen LogP contribution in [0.2, 0.25) is 0 Å². The molecule has 0 aromatic heterocycles. The van der Waals surface area contributed by atoms with Gasteiger partial charge < -0.3 is 16.0 Å². The van der Waals surface area contributed by atoms with Gasteiger partial charge in [0.15, 0.2) is 0 Å². The lowest BCUT2D eigenvalue weighted by Crippen LogP contribution is -2.29. The quantitative estimate of drug-likeness (QED) is 0.814. The van der Waals surface area contributed by atoms with Gasteiger partial charge >= 0.3 is 0 Å². The topological polar surface area (TPSA) is 58.4 Å². The smallest absolute Gasteiger partial charge is 0.224 e. The van der Waals surface area contributed by atoms with E-state index in [1.807, 2.05) is 4.90 Å². The summed E-state index contributed by atoms with van der Waals surface area (Å²) < 4.78 is 13.6. The second kappa shape index (κ2) is 6.65. The lowest BCUT2D eigenvalue weighted by atomic mass is 10.2. The van der Waals surface area contributed by atoms with Gasteiger partial charge in [-0.1, -0.05) is 12.2 Å². The van der Waals surface area contributed by atoms with E-state index >= 15 is 0 Å². The molecule has 4 nitrogen and oxygen atoms in total. The minimum absolute atomic E-state index is 0.0401. The van der Waals surface area contributed by atoms with Crippen LogP contribution in [-0.4, -0.2) is 35.4 Å². The number of benzene rings is 1. The lowest BCUT2D eigenvalue weighted by Gasteiger charge is -2.15. The Morgan fingerprint density at radius 2 is 2.10 bits per heavy atom. The molecule has 1 aliphatic heterocycles. The Hall–Kier alpha value is -1.69. The third-order valence-corrected chi connectivity index (χ3v) is 3.58. The third-order valence-electron chi connectivity index (χ3n) is 3.36. The highest BCUT2D eigenvalue weighted by molar-refractivity contribution is 7.80. The number of carbonyl (C=O) groups is 1. The molecule has 1 fully saturated rings. The lowest BCUT2D eigenvalue weighted by molar-refractivity contribution is -0.129. The van der Waals surface area contributed by atoms with Crippen molar-refractivity contribution in [3.63, 3.8) is 0 Å². The summed E-state index contributed by atoms with van der Waals surface area (Å²) in [5.41, 5.74) is 6.25. The molecule has 1 aliphatic rings. The Bertz CT molecular complexity index is 515. The van der Waals surface area contributed by atoms with Crippen molar-refractivity contribution in [3.8, 4) is 0 Å². The van der Waals surface area contributed by atoms with E-state index < -0.39 is 5.82 Å². The first-order valence-electron chi connectivity index (χ1n) is 6.69. The van der Waals surface area contributed by atoms with Crippen LogP contribution in [0, 0.1) is 5.82 Å². The first kappa shape index (κ1) is 14.7. The van der Waals surface area contributed by atoms with Crippen LogP contribution in [0.25, 0.3) is 0 Å². The van der Waals surface area contributed by atoms with Crippen molar-refractivity contribution in [2.24, 2.45) is 5.73 Å². The van der Waals surface area contributed by atoms with Crippen LogP contribution in [-0.2, 0) is 4.79 Å². The van der Waals surface area contributed by atoms with Gasteiger partial charge in [-0.15, -0.1) is 0 Å². The van der Waals surface area contributed by atoms with Gasteiger partial charge in [0.2, 0.25) is 5.91 Å². The summed E-state index contributed by atoms with van der Waals surface area (Å²) in [5.74, 6) is -0.302. The normalized spacial score (nSPS) is 14.3. The number of nitrogens with one attached hydrogen (secondary N) is 1. The van der Waals surface area contributed by atoms with Crippen LogP contribution in [0.1, 0.15) is 24.8 Å². The van der Waals surface area contributed by atoms with E-state index in [0.717, 1.165) is 25.9 Å². The average molecular weight is 295 g/mol. The van der Waals surface area contributed by atoms with Crippen molar-refractivity contribution in [2.45, 2.75) is 19.3 Å². The molecule has 1 aromatic rings. The maximum Gasteiger partial charge on any atom is 0.224 e. The number of carbonyl (C=O) groups excluding carboxylic acids is 1. The zero-order valence-electron chi connectivity index (χ0n) is 11.2. The number of amides is 1. The Kier molecular flexibility index (Phi) is 4.89. The van der Waals surface area contributed by atoms with E-state index in [-0.39, 0.29) is 16.5 Å². The predicted molar refractivity (Wildman–Crippen MR) is 81.2 cm³/mol. The standard InChI is InChI=1S/C14H18FN3OS/c15-12-9-10(3-4-11(12)14(16)20)17-6-5-13(19)18-7-1-2-8-18/h3-4,9,17H,1-2,5-8H2,(H2,16,20). The van der Waals surface area contributed by atoms with Crippen molar-refractivity contribution in [3.05, 3.63) is 29.6 Å². The summed E-state index contributed by atoms with van der Waals surface area (Å²) in [5, 5.41) is 3.03. The molecule has 20 heavy (non-hydrogen) atoms. The molecule has 1 aromatic carbocycles. The highest BCUT2D eigenvalue weighted by atomic mass is 32.1. The molecular formula is C14H18FN3OS. The highest BCUT2D eigenvalue weighted by Crippen LogP contribution is 2.15. The largest absolute Gasteiger partial charge is 0.389 e. The van der Waals surface area contributed by atoms with Crippen molar-refractivity contribution in [2.75, 3.05) is 25.0 Å². The third kappa shape index (κ3) is 3.66. The van der Waals surface area contributed by atoms with Crippen molar-refractivity contribution in [1.82, 2.24) is 4.90 Å². The van der Waals surface area contributed by atoms with Gasteiger partial charge in [0.05, 0.1) is 0 Å². The number of halogens is 1. The van der Waals surface area contributed by atoms with E-state index in [1.165, 1.54) is 6.07 Å². The molecule has 0 bridgehead atoms. The summed E-state index contributed by atoms with van der Waals surface area (Å²) >= 11 is 4.74. The molecule has 3 N–H and O–H groups in total. The average Bonchev–Trinajstić information content (AvgIpc) is 2.92. The second-order valence-corrected chi connectivity index (χ2v) is 5.26. The molecule has 1 heterocycles. The zero-order chi connectivity index (χ0) is 14.5. The fourth-order valence-electron chi connectivity index (χ4n) is 2.26. The fourth-order valence-corrected chi connectivity index (χ4v) is 2.43. The summed E-state index contributed by atoms with van der Waals surface area (Å²) in [6.07, 6.45) is 2.59. The van der Waals surface area contributed by atoms with Crippen molar-refractivity contribution in [1.29, 1.82) is 0 Å². The summed E-state index contributed by atoms with van der Waals surface area (Å²) in [6.45, 7) is 2.20. The van der Waals surface area contributed by atoms with Gasteiger partial charge in [-0.25, -0.2) is 4.39 Å². The van der Waals surface area contributed by atoms with Crippen molar-refractivity contribution < 1.29 is 9.18 Å². The molecule has 0 atom stereocenters. The number of anilines is 1. The van der Waals surface area contributed by atoms with Gasteiger partial charge in [-0.05, 0) is 31.0 Å². The number of likely N-dealkylation sites (tertiary alicyclic amines) is 1. The van der Waals surface area contributed by atoms with Crippen LogP contribution in [0.5, 0.6) is 0 Å². The van der Waals surface area contributed by atoms with E-state index in [0.29, 0.717) is 18.7 Å². The second-order valence-electron chi connectivity index (χ2n) is 4.82. The van der Waals surface area contributed by atoms with Gasteiger partial charge in [0.1, 0.15) is 10.8 Å². The van der Waals surface area contributed by atoms with Gasteiger partial charge in [-0.2, -0.15) is 0 Å². The molecule has 0 saturated carbocycles. The molecule has 0 aliphatic carbocycles. The van der Waals surface area contributed by atoms with E-state index in [2.05, 4.69) is 5.32 Å². The Morgan fingerprint density at radius 3 is 2.70 bits per heavy atom. The number of rotatable bonds is 5. The molecule has 108 valence electrons. The molecule has 0 unspecified atom stereocenters. The molecular weight excluding hydrogens is 277 g/mol. The number of thiocarbonyl (C=S) groups is 1. The predicted octanol–water partition coefficient (Wildman–Crippen LogP) is 1.88. The van der Waals surface area contributed by atoms with Crippen molar-refractivity contribution >= 4 is 28.8 Å². The van der Waals surface area contributed by atoms with E-state index in [1.54, 1.807) is 12.1 Å². The SMILES string of the molecule is NC(=S)c1ccc(NCCC(=O)N2CCCC2)cc1F. The first-order valence-corrected chi connectivity index (χ1v) is 7.10. The van der Waals surface area contributed by atoms with Gasteiger partial charge in [-0.3, -0.25) is 4.79 Å². The number of hydrogen-bond acceptors (Lipinski definition) is 3. The molecule has 6 heteroatoms. The van der Waals surface area contributed by atoms with Crippen LogP contribution >= 0.6 is 12.2 Å². The molecule has 0 radical (unpaired) electrons. The Labute approximate surface area is 123 Å². The Balaban J connectivity index is 1.83. The van der Waals surface area contributed by atoms with E-state index in [9.17, 15) is 9.18 Å². The minimum atomic E-state index is -0.451. The maximum absolute atomic E-state index is 13.6. The van der Waals surface area contributed by atoms with Gasteiger partial charge in [0.25, 0.3) is 0 Å². The summed E-state index contributed by atoms with van der Waals surface area (Å²) in [7, 11) is 0. The summed E-state index contributed by atoms with van der Waals surface area (Å²) in [4.78, 5) is 13.7. The number of nitrogens with zero attached hydrogens (tertiary/aromatic N) is 1. The van der Waals surface area contributed by atoms with Crippen LogP contribution in [0.4, 0.5) is 10.1 Å². The molecule has 0 spiro atoms. The van der Waals surface area contributed by atoms with Gasteiger partial charge in [0, 0.05) is 37.3 Å². The van der Waals surface area contributed by atoms with Crippen LogP contribution in [0.15, 0.2) is 18.2 Å². The van der Waals surface area contributed by atoms with Crippen LogP contribution < -0.4 is 11.1 Å². The Morgan fingerprint density at radius 1 is 1.40 bits per heavy atom. The monoisotopic (exact) mass is 295 g/mol. The molecule has 2 rings (SSSR count). The number of nitrogens with two attached hydrogens (primary N) is 1. The number of hydrogen-bond donors (Lipinski definition) is 2. The first-order chi connectivity index (χ1) is 9.58. The maximum atomic E-state index is 13.6. The zero-order valence-corrected chi connectivity index (χ0v) is 12.0. The summed E-state index contributed by atoms with van der Waals surface area (Å²) in [6, 6.07) is 4.59. The minimum Gasteiger partial charge on any atom is -0.389 e. The molecule has 1 amide bonds. The van der Waals surface area contributed by atoms with Crippen LogP contribution in [0.3, 0.4) is 0 Å². The highest BCUT2D eigenvalue weighted by Gasteiger charge is 2.17.